The molecule has 1 saturated carbocycles. The first-order valence-corrected chi connectivity index (χ1v) is 7.12. The van der Waals surface area contributed by atoms with Gasteiger partial charge in [-0.25, -0.2) is 0 Å². The molecule has 0 aromatic rings. The molecule has 2 rings (SSSR count). The summed E-state index contributed by atoms with van der Waals surface area (Å²) in [6.07, 6.45) is 10.1. The lowest BCUT2D eigenvalue weighted by molar-refractivity contribution is -0.00186. The van der Waals surface area contributed by atoms with Crippen LogP contribution in [0.2, 0.25) is 0 Å². The van der Waals surface area contributed by atoms with Crippen LogP contribution in [0.5, 0.6) is 0 Å². The zero-order valence-corrected chi connectivity index (χ0v) is 10.5. The van der Waals surface area contributed by atoms with Crippen molar-refractivity contribution in [3.8, 4) is 0 Å². The number of rotatable bonds is 3. The number of ether oxygens (including phenoxy) is 1. The second kappa shape index (κ2) is 6.02. The SMILES string of the molecule is CCC1OCCC1C(O)C1CCCCCC1. The van der Waals surface area contributed by atoms with E-state index in [1.807, 2.05) is 0 Å². The van der Waals surface area contributed by atoms with Crippen LogP contribution in [0.4, 0.5) is 0 Å². The van der Waals surface area contributed by atoms with E-state index in [9.17, 15) is 5.11 Å². The Morgan fingerprint density at radius 1 is 1.12 bits per heavy atom. The second-order valence-electron chi connectivity index (χ2n) is 5.51. The Hall–Kier alpha value is -0.0800. The fourth-order valence-electron chi connectivity index (χ4n) is 3.48. The molecule has 2 nitrogen and oxygen atoms in total. The molecule has 2 aliphatic rings. The summed E-state index contributed by atoms with van der Waals surface area (Å²) in [5.41, 5.74) is 0. The Labute approximate surface area is 99.4 Å². The monoisotopic (exact) mass is 226 g/mol. The summed E-state index contributed by atoms with van der Waals surface area (Å²) in [6.45, 7) is 3.02. The molecule has 1 heterocycles. The van der Waals surface area contributed by atoms with E-state index >= 15 is 0 Å². The number of hydrogen-bond acceptors (Lipinski definition) is 2. The van der Waals surface area contributed by atoms with Crippen molar-refractivity contribution in [3.63, 3.8) is 0 Å². The Morgan fingerprint density at radius 2 is 1.81 bits per heavy atom. The molecule has 0 radical (unpaired) electrons. The largest absolute Gasteiger partial charge is 0.392 e. The van der Waals surface area contributed by atoms with Crippen LogP contribution in [-0.4, -0.2) is 23.9 Å². The van der Waals surface area contributed by atoms with E-state index in [1.54, 1.807) is 0 Å². The van der Waals surface area contributed by atoms with Gasteiger partial charge in [0.05, 0.1) is 12.2 Å². The summed E-state index contributed by atoms with van der Waals surface area (Å²) in [6, 6.07) is 0. The normalized spacial score (nSPS) is 34.9. The summed E-state index contributed by atoms with van der Waals surface area (Å²) >= 11 is 0. The smallest absolute Gasteiger partial charge is 0.0626 e. The van der Waals surface area contributed by atoms with Crippen molar-refractivity contribution < 1.29 is 9.84 Å². The highest BCUT2D eigenvalue weighted by atomic mass is 16.5. The summed E-state index contributed by atoms with van der Waals surface area (Å²) in [5, 5.41) is 10.5. The molecule has 94 valence electrons. The second-order valence-corrected chi connectivity index (χ2v) is 5.51. The first-order chi connectivity index (χ1) is 7.83. The Morgan fingerprint density at radius 3 is 2.44 bits per heavy atom. The third kappa shape index (κ3) is 2.78. The van der Waals surface area contributed by atoms with Gasteiger partial charge in [0.1, 0.15) is 0 Å². The Balaban J connectivity index is 1.91. The van der Waals surface area contributed by atoms with Crippen LogP contribution in [-0.2, 0) is 4.74 Å². The van der Waals surface area contributed by atoms with Crippen molar-refractivity contribution >= 4 is 0 Å². The minimum absolute atomic E-state index is 0.106. The summed E-state index contributed by atoms with van der Waals surface area (Å²) in [4.78, 5) is 0. The van der Waals surface area contributed by atoms with Crippen LogP contribution < -0.4 is 0 Å². The number of aliphatic hydroxyl groups is 1. The van der Waals surface area contributed by atoms with Gasteiger partial charge in [0, 0.05) is 12.5 Å². The lowest BCUT2D eigenvalue weighted by Crippen LogP contribution is -2.34. The number of aliphatic hydroxyl groups excluding tert-OH is 1. The molecular formula is C14H26O2. The van der Waals surface area contributed by atoms with Crippen LogP contribution in [0.1, 0.15) is 58.3 Å². The Kier molecular flexibility index (Phi) is 4.66. The van der Waals surface area contributed by atoms with Crippen LogP contribution >= 0.6 is 0 Å². The summed E-state index contributed by atoms with van der Waals surface area (Å²) in [7, 11) is 0. The van der Waals surface area contributed by atoms with E-state index in [0.717, 1.165) is 19.4 Å². The fraction of sp³-hybridized carbons (Fsp3) is 1.00. The van der Waals surface area contributed by atoms with E-state index in [2.05, 4.69) is 6.92 Å². The minimum atomic E-state index is -0.106. The molecule has 1 aliphatic carbocycles. The molecule has 1 aliphatic heterocycles. The zero-order chi connectivity index (χ0) is 11.4. The lowest BCUT2D eigenvalue weighted by atomic mass is 9.82. The molecule has 0 amide bonds. The van der Waals surface area contributed by atoms with Crippen molar-refractivity contribution in [2.75, 3.05) is 6.61 Å². The van der Waals surface area contributed by atoms with Gasteiger partial charge in [0.2, 0.25) is 0 Å². The van der Waals surface area contributed by atoms with E-state index < -0.39 is 0 Å². The molecule has 0 aromatic heterocycles. The van der Waals surface area contributed by atoms with Crippen LogP contribution in [0.25, 0.3) is 0 Å². The third-order valence-corrected chi connectivity index (χ3v) is 4.48. The van der Waals surface area contributed by atoms with Gasteiger partial charge >= 0.3 is 0 Å². The number of hydrogen-bond donors (Lipinski definition) is 1. The highest BCUT2D eigenvalue weighted by molar-refractivity contribution is 4.85. The highest BCUT2D eigenvalue weighted by Crippen LogP contribution is 2.35. The van der Waals surface area contributed by atoms with E-state index in [0.29, 0.717) is 17.9 Å². The van der Waals surface area contributed by atoms with E-state index in [-0.39, 0.29) is 6.10 Å². The maximum atomic E-state index is 10.5. The maximum absolute atomic E-state index is 10.5. The molecule has 0 aromatic carbocycles. The topological polar surface area (TPSA) is 29.5 Å². The molecular weight excluding hydrogens is 200 g/mol. The molecule has 0 spiro atoms. The standard InChI is InChI=1S/C14H26O2/c1-2-13-12(9-10-16-13)14(15)11-7-5-3-4-6-8-11/h11-15H,2-10H2,1H3. The van der Waals surface area contributed by atoms with Crippen molar-refractivity contribution in [1.29, 1.82) is 0 Å². The third-order valence-electron chi connectivity index (χ3n) is 4.48. The first-order valence-electron chi connectivity index (χ1n) is 7.12. The van der Waals surface area contributed by atoms with Gasteiger partial charge in [-0.05, 0) is 31.6 Å². The highest BCUT2D eigenvalue weighted by Gasteiger charge is 2.36. The van der Waals surface area contributed by atoms with Gasteiger partial charge < -0.3 is 9.84 Å². The van der Waals surface area contributed by atoms with Gasteiger partial charge in [-0.3, -0.25) is 0 Å². The lowest BCUT2D eigenvalue weighted by Gasteiger charge is -2.29. The van der Waals surface area contributed by atoms with Crippen LogP contribution in [0, 0.1) is 11.8 Å². The van der Waals surface area contributed by atoms with Crippen molar-refractivity contribution in [2.24, 2.45) is 11.8 Å². The molecule has 2 heteroatoms. The zero-order valence-electron chi connectivity index (χ0n) is 10.5. The van der Waals surface area contributed by atoms with Gasteiger partial charge in [0.25, 0.3) is 0 Å². The van der Waals surface area contributed by atoms with Gasteiger partial charge in [-0.1, -0.05) is 32.6 Å². The summed E-state index contributed by atoms with van der Waals surface area (Å²) in [5.74, 6) is 0.955. The van der Waals surface area contributed by atoms with Gasteiger partial charge in [0.15, 0.2) is 0 Å². The van der Waals surface area contributed by atoms with E-state index in [1.165, 1.54) is 38.5 Å². The molecule has 3 atom stereocenters. The fourth-order valence-corrected chi connectivity index (χ4v) is 3.48. The molecule has 1 N–H and O–H groups in total. The van der Waals surface area contributed by atoms with Crippen LogP contribution in [0.3, 0.4) is 0 Å². The molecule has 0 bridgehead atoms. The average molecular weight is 226 g/mol. The maximum Gasteiger partial charge on any atom is 0.0626 e. The Bertz CT molecular complexity index is 197. The summed E-state index contributed by atoms with van der Waals surface area (Å²) < 4.78 is 5.70. The molecule has 16 heavy (non-hydrogen) atoms. The minimum Gasteiger partial charge on any atom is -0.392 e. The predicted molar refractivity (Wildman–Crippen MR) is 65.3 cm³/mol. The molecule has 1 saturated heterocycles. The van der Waals surface area contributed by atoms with Gasteiger partial charge in [-0.2, -0.15) is 0 Å². The van der Waals surface area contributed by atoms with Crippen molar-refractivity contribution in [3.05, 3.63) is 0 Å². The van der Waals surface area contributed by atoms with Gasteiger partial charge in [-0.15, -0.1) is 0 Å². The average Bonchev–Trinajstić information content (AvgIpc) is 2.61. The predicted octanol–water partition coefficient (Wildman–Crippen LogP) is 3.13. The van der Waals surface area contributed by atoms with Crippen molar-refractivity contribution in [1.82, 2.24) is 0 Å². The van der Waals surface area contributed by atoms with E-state index in [4.69, 9.17) is 4.74 Å². The first kappa shape index (κ1) is 12.4. The van der Waals surface area contributed by atoms with Crippen molar-refractivity contribution in [2.45, 2.75) is 70.5 Å². The van der Waals surface area contributed by atoms with Crippen LogP contribution in [0.15, 0.2) is 0 Å². The molecule has 3 unspecified atom stereocenters. The quantitative estimate of drug-likeness (QED) is 0.749. The molecule has 2 fully saturated rings.